The average Bonchev–Trinajstić information content (AvgIpc) is 3.34. The predicted octanol–water partition coefficient (Wildman–Crippen LogP) is 2.37. The van der Waals surface area contributed by atoms with Gasteiger partial charge in [0, 0.05) is 43.6 Å². The molecule has 5 rings (SSSR count). The number of aliphatic hydroxyl groups is 1. The second-order valence-electron chi connectivity index (χ2n) is 9.09. The van der Waals surface area contributed by atoms with Gasteiger partial charge in [0.15, 0.2) is 5.82 Å². The number of halogens is 1. The predicted molar refractivity (Wildman–Crippen MR) is 126 cm³/mol. The molecule has 180 valence electrons. The van der Waals surface area contributed by atoms with Crippen LogP contribution < -0.4 is 20.4 Å². The number of amides is 2. The van der Waals surface area contributed by atoms with E-state index in [-0.39, 0.29) is 24.7 Å². The molecule has 34 heavy (non-hydrogen) atoms. The highest BCUT2D eigenvalue weighted by Gasteiger charge is 2.31. The Bertz CT molecular complexity index is 1220. The van der Waals surface area contributed by atoms with Gasteiger partial charge in [-0.05, 0) is 33.3 Å². The summed E-state index contributed by atoms with van der Waals surface area (Å²) in [5, 5.41) is 21.2. The van der Waals surface area contributed by atoms with E-state index in [0.29, 0.717) is 42.9 Å². The van der Waals surface area contributed by atoms with E-state index >= 15 is 0 Å². The Morgan fingerprint density at radius 1 is 1.26 bits per heavy atom. The zero-order valence-electron chi connectivity index (χ0n) is 19.3. The van der Waals surface area contributed by atoms with Crippen molar-refractivity contribution in [2.75, 3.05) is 34.8 Å². The standard InChI is InChI=1S/C22H28FN9O2/c1-12(2)32-16-8-19(25-9-14(16)20(29-32)31-10-13(3)26-22(31)34)27-18-4-6-24-21(28-18)30-7-5-17(33)15(23)11-30/h4,6,8-9,12-13,15,17,33H,5,7,10-11H2,1-3H3,(H,26,34)(H,24,25,27,28)/t13?,15-,17+/m1/s1. The highest BCUT2D eigenvalue weighted by molar-refractivity contribution is 6.02. The van der Waals surface area contributed by atoms with Crippen LogP contribution in [0.25, 0.3) is 10.9 Å². The van der Waals surface area contributed by atoms with E-state index in [0.717, 1.165) is 10.9 Å². The molecular formula is C22H28FN9O2. The lowest BCUT2D eigenvalue weighted by atomic mass is 10.1. The van der Waals surface area contributed by atoms with Crippen LogP contribution in [0.3, 0.4) is 0 Å². The van der Waals surface area contributed by atoms with Crippen LogP contribution in [0.2, 0.25) is 0 Å². The lowest BCUT2D eigenvalue weighted by Crippen LogP contribution is -2.45. The molecule has 0 saturated carbocycles. The number of alkyl halides is 1. The molecule has 0 spiro atoms. The van der Waals surface area contributed by atoms with Crippen molar-refractivity contribution >= 4 is 40.3 Å². The molecule has 2 aliphatic heterocycles. The first kappa shape index (κ1) is 22.3. The molecule has 3 aromatic heterocycles. The Kier molecular flexibility index (Phi) is 5.68. The molecule has 0 aromatic carbocycles. The Labute approximate surface area is 196 Å². The van der Waals surface area contributed by atoms with E-state index in [1.54, 1.807) is 28.3 Å². The molecule has 2 saturated heterocycles. The number of hydrogen-bond donors (Lipinski definition) is 3. The van der Waals surface area contributed by atoms with E-state index in [1.807, 2.05) is 31.5 Å². The number of urea groups is 1. The van der Waals surface area contributed by atoms with Crippen molar-refractivity contribution in [3.8, 4) is 0 Å². The van der Waals surface area contributed by atoms with Crippen molar-refractivity contribution in [3.05, 3.63) is 24.5 Å². The van der Waals surface area contributed by atoms with Gasteiger partial charge in [-0.25, -0.2) is 19.2 Å². The summed E-state index contributed by atoms with van der Waals surface area (Å²) in [6, 6.07) is 3.54. The molecule has 0 bridgehead atoms. The van der Waals surface area contributed by atoms with Crippen molar-refractivity contribution in [1.82, 2.24) is 30.0 Å². The fraction of sp³-hybridized carbons (Fsp3) is 0.500. The number of nitrogens with one attached hydrogen (secondary N) is 2. The fourth-order valence-corrected chi connectivity index (χ4v) is 4.33. The van der Waals surface area contributed by atoms with Crippen LogP contribution in [0, 0.1) is 0 Å². The monoisotopic (exact) mass is 469 g/mol. The number of nitrogens with zero attached hydrogens (tertiary/aromatic N) is 7. The molecule has 12 heteroatoms. The molecule has 3 aromatic rings. The zero-order valence-corrected chi connectivity index (χ0v) is 19.3. The van der Waals surface area contributed by atoms with Crippen LogP contribution >= 0.6 is 0 Å². The summed E-state index contributed by atoms with van der Waals surface area (Å²) < 4.78 is 15.8. The minimum absolute atomic E-state index is 0.0449. The molecule has 3 atom stereocenters. The van der Waals surface area contributed by atoms with Crippen LogP contribution in [-0.2, 0) is 0 Å². The minimum atomic E-state index is -1.33. The summed E-state index contributed by atoms with van der Waals surface area (Å²) in [7, 11) is 0. The van der Waals surface area contributed by atoms with Gasteiger partial charge in [-0.1, -0.05) is 0 Å². The Morgan fingerprint density at radius 2 is 2.09 bits per heavy atom. The van der Waals surface area contributed by atoms with Gasteiger partial charge in [0.25, 0.3) is 0 Å². The topological polar surface area (TPSA) is 124 Å². The van der Waals surface area contributed by atoms with E-state index in [2.05, 4.69) is 25.6 Å². The Morgan fingerprint density at radius 3 is 2.79 bits per heavy atom. The third kappa shape index (κ3) is 4.09. The summed E-state index contributed by atoms with van der Waals surface area (Å²) in [6.07, 6.45) is 1.36. The molecule has 2 amide bonds. The molecule has 2 aliphatic rings. The first-order valence-corrected chi connectivity index (χ1v) is 11.4. The number of piperidine rings is 1. The summed E-state index contributed by atoms with van der Waals surface area (Å²) in [6.45, 7) is 7.08. The molecule has 5 heterocycles. The number of hydrogen-bond acceptors (Lipinski definition) is 8. The maximum atomic E-state index is 14.0. The Balaban J connectivity index is 1.43. The quantitative estimate of drug-likeness (QED) is 0.520. The third-order valence-electron chi connectivity index (χ3n) is 6.08. The number of pyridine rings is 1. The molecular weight excluding hydrogens is 441 g/mol. The van der Waals surface area contributed by atoms with Crippen molar-refractivity contribution in [3.63, 3.8) is 0 Å². The van der Waals surface area contributed by atoms with Crippen molar-refractivity contribution in [2.24, 2.45) is 0 Å². The molecule has 11 nitrogen and oxygen atoms in total. The third-order valence-corrected chi connectivity index (χ3v) is 6.08. The van der Waals surface area contributed by atoms with Crippen molar-refractivity contribution in [2.45, 2.75) is 51.6 Å². The SMILES string of the molecule is CC1CN(c2nn(C(C)C)c3cc(Nc4ccnc(N5CC[C@H](O)[C@H](F)C5)n4)ncc23)C(=O)N1. The normalized spacial score (nSPS) is 23.1. The van der Waals surface area contributed by atoms with Gasteiger partial charge in [-0.3, -0.25) is 9.58 Å². The first-order valence-electron chi connectivity index (χ1n) is 11.4. The maximum Gasteiger partial charge on any atom is 0.323 e. The highest BCUT2D eigenvalue weighted by Crippen LogP contribution is 2.31. The van der Waals surface area contributed by atoms with Gasteiger partial charge in [0.1, 0.15) is 17.8 Å². The highest BCUT2D eigenvalue weighted by atomic mass is 19.1. The molecule has 2 fully saturated rings. The van der Waals surface area contributed by atoms with Crippen LogP contribution in [-0.4, -0.2) is 73.8 Å². The van der Waals surface area contributed by atoms with Crippen LogP contribution in [0.4, 0.5) is 32.6 Å². The summed E-state index contributed by atoms with van der Waals surface area (Å²) in [5.41, 5.74) is 0.842. The lowest BCUT2D eigenvalue weighted by Gasteiger charge is -2.32. The van der Waals surface area contributed by atoms with Crippen LogP contribution in [0.15, 0.2) is 24.5 Å². The Hall–Kier alpha value is -3.54. The van der Waals surface area contributed by atoms with Gasteiger partial charge in [0.2, 0.25) is 5.95 Å². The smallest absolute Gasteiger partial charge is 0.323 e. The number of aromatic nitrogens is 5. The molecule has 3 N–H and O–H groups in total. The van der Waals surface area contributed by atoms with E-state index in [9.17, 15) is 14.3 Å². The second kappa shape index (κ2) is 8.67. The molecule has 0 aliphatic carbocycles. The van der Waals surface area contributed by atoms with Gasteiger partial charge in [-0.15, -0.1) is 0 Å². The summed E-state index contributed by atoms with van der Waals surface area (Å²) in [5.74, 6) is 2.05. The number of aliphatic hydroxyl groups excluding tert-OH is 1. The van der Waals surface area contributed by atoms with Crippen LogP contribution in [0.5, 0.6) is 0 Å². The number of carbonyl (C=O) groups excluding carboxylic acids is 1. The number of fused-ring (bicyclic) bond motifs is 1. The molecule has 0 radical (unpaired) electrons. The average molecular weight is 470 g/mol. The van der Waals surface area contributed by atoms with Gasteiger partial charge >= 0.3 is 6.03 Å². The van der Waals surface area contributed by atoms with Gasteiger partial charge < -0.3 is 20.6 Å². The number of anilines is 4. The van der Waals surface area contributed by atoms with Crippen LogP contribution in [0.1, 0.15) is 33.2 Å². The number of carbonyl (C=O) groups is 1. The fourth-order valence-electron chi connectivity index (χ4n) is 4.33. The lowest BCUT2D eigenvalue weighted by molar-refractivity contribution is 0.0612. The van der Waals surface area contributed by atoms with Gasteiger partial charge in [0.05, 0.1) is 23.6 Å². The van der Waals surface area contributed by atoms with E-state index in [1.165, 1.54) is 0 Å². The van der Waals surface area contributed by atoms with Crippen molar-refractivity contribution < 1.29 is 14.3 Å². The van der Waals surface area contributed by atoms with Gasteiger partial charge in [-0.2, -0.15) is 10.1 Å². The molecule has 1 unspecified atom stereocenters. The second-order valence-corrected chi connectivity index (χ2v) is 9.09. The largest absolute Gasteiger partial charge is 0.390 e. The van der Waals surface area contributed by atoms with E-state index < -0.39 is 12.3 Å². The number of rotatable bonds is 5. The minimum Gasteiger partial charge on any atom is -0.390 e. The summed E-state index contributed by atoms with van der Waals surface area (Å²) >= 11 is 0. The van der Waals surface area contributed by atoms with E-state index in [4.69, 9.17) is 5.10 Å². The van der Waals surface area contributed by atoms with Crippen molar-refractivity contribution in [1.29, 1.82) is 0 Å². The zero-order chi connectivity index (χ0) is 24.0. The maximum absolute atomic E-state index is 14.0. The first-order chi connectivity index (χ1) is 16.3. The summed E-state index contributed by atoms with van der Waals surface area (Å²) in [4.78, 5) is 29.1.